The van der Waals surface area contributed by atoms with E-state index in [0.29, 0.717) is 19.8 Å². The van der Waals surface area contributed by atoms with Gasteiger partial charge in [0.25, 0.3) is 0 Å². The van der Waals surface area contributed by atoms with Crippen molar-refractivity contribution in [1.82, 2.24) is 10.2 Å². The van der Waals surface area contributed by atoms with E-state index in [4.69, 9.17) is 13.3 Å². The van der Waals surface area contributed by atoms with Crippen molar-refractivity contribution in [3.8, 4) is 0 Å². The Labute approximate surface area is 99.4 Å². The van der Waals surface area contributed by atoms with Crippen LogP contribution >= 0.6 is 0 Å². The molecule has 1 N–H and O–H groups in total. The summed E-state index contributed by atoms with van der Waals surface area (Å²) in [5.41, 5.74) is 0. The Bertz CT molecular complexity index is 172. The van der Waals surface area contributed by atoms with Crippen molar-refractivity contribution in [2.75, 3.05) is 45.7 Å². The van der Waals surface area contributed by atoms with Gasteiger partial charge in [0.15, 0.2) is 0 Å². The van der Waals surface area contributed by atoms with Crippen LogP contribution in [-0.4, -0.2) is 59.5 Å². The van der Waals surface area contributed by atoms with Crippen molar-refractivity contribution in [2.45, 2.75) is 20.8 Å². The van der Waals surface area contributed by atoms with E-state index in [1.165, 1.54) is 0 Å². The zero-order valence-electron chi connectivity index (χ0n) is 10.6. The average molecular weight is 248 g/mol. The highest BCUT2D eigenvalue weighted by Crippen LogP contribution is 2.13. The number of hydrogen-bond donors (Lipinski definition) is 1. The quantitative estimate of drug-likeness (QED) is 0.631. The van der Waals surface area contributed by atoms with Gasteiger partial charge >= 0.3 is 8.80 Å². The first kappa shape index (κ1) is 14.1. The Morgan fingerprint density at radius 1 is 1.06 bits per heavy atom. The van der Waals surface area contributed by atoms with Crippen LogP contribution in [0, 0.1) is 0 Å². The van der Waals surface area contributed by atoms with Gasteiger partial charge in [0, 0.05) is 39.6 Å². The lowest BCUT2D eigenvalue weighted by Gasteiger charge is -2.31. The highest BCUT2D eigenvalue weighted by molar-refractivity contribution is 6.60. The standard InChI is InChI=1S/C10H24N2O3Si/c1-4-13-16(14-5-2,15-6-3)10-12-8-7-11-9-12/h11H,4-10H2,1-3H3. The Morgan fingerprint density at radius 3 is 2.00 bits per heavy atom. The molecule has 0 spiro atoms. The van der Waals surface area contributed by atoms with Crippen LogP contribution in [0.25, 0.3) is 0 Å². The van der Waals surface area contributed by atoms with E-state index in [1.54, 1.807) is 0 Å². The minimum absolute atomic E-state index is 0.646. The predicted octanol–water partition coefficient (Wildman–Crippen LogP) is 0.437. The van der Waals surface area contributed by atoms with Crippen LogP contribution in [0.1, 0.15) is 20.8 Å². The van der Waals surface area contributed by atoms with Crippen LogP contribution in [0.15, 0.2) is 0 Å². The first-order chi connectivity index (χ1) is 7.76. The van der Waals surface area contributed by atoms with Gasteiger partial charge < -0.3 is 18.6 Å². The molecule has 0 aromatic rings. The molecule has 16 heavy (non-hydrogen) atoms. The highest BCUT2D eigenvalue weighted by Gasteiger charge is 2.42. The predicted molar refractivity (Wildman–Crippen MR) is 65.1 cm³/mol. The summed E-state index contributed by atoms with van der Waals surface area (Å²) in [7, 11) is -2.47. The minimum Gasteiger partial charge on any atom is -0.373 e. The van der Waals surface area contributed by atoms with Crippen molar-refractivity contribution in [3.05, 3.63) is 0 Å². The third-order valence-electron chi connectivity index (χ3n) is 2.45. The molecule has 96 valence electrons. The number of nitrogens with zero attached hydrogens (tertiary/aromatic N) is 1. The Balaban J connectivity index is 2.56. The molecule has 0 aromatic heterocycles. The maximum atomic E-state index is 5.80. The SMILES string of the molecule is CCO[Si](CN1CCNC1)(OCC)OCC. The summed E-state index contributed by atoms with van der Waals surface area (Å²) < 4.78 is 17.4. The first-order valence-corrected chi connectivity index (χ1v) is 8.04. The zero-order chi connectivity index (χ0) is 11.9. The second-order valence-electron chi connectivity index (χ2n) is 3.69. The van der Waals surface area contributed by atoms with Crippen LogP contribution in [0.3, 0.4) is 0 Å². The molecule has 1 aliphatic heterocycles. The molecular formula is C10H24N2O3Si. The summed E-state index contributed by atoms with van der Waals surface area (Å²) in [5, 5.41) is 3.30. The second-order valence-corrected chi connectivity index (χ2v) is 6.24. The van der Waals surface area contributed by atoms with E-state index in [0.717, 1.165) is 25.9 Å². The van der Waals surface area contributed by atoms with E-state index in [-0.39, 0.29) is 0 Å². The molecule has 0 aliphatic carbocycles. The van der Waals surface area contributed by atoms with Gasteiger partial charge in [-0.05, 0) is 20.8 Å². The Kier molecular flexibility index (Phi) is 6.48. The maximum Gasteiger partial charge on any atom is 0.515 e. The molecule has 1 fully saturated rings. The minimum atomic E-state index is -2.47. The molecule has 1 aliphatic rings. The van der Waals surface area contributed by atoms with Gasteiger partial charge in [-0.3, -0.25) is 4.90 Å². The fraction of sp³-hybridized carbons (Fsp3) is 1.00. The van der Waals surface area contributed by atoms with Gasteiger partial charge in [0.2, 0.25) is 0 Å². The summed E-state index contributed by atoms with van der Waals surface area (Å²) >= 11 is 0. The molecule has 5 nitrogen and oxygen atoms in total. The molecule has 1 rings (SSSR count). The molecule has 0 unspecified atom stereocenters. The summed E-state index contributed by atoms with van der Waals surface area (Å²) in [6, 6.07) is 0. The van der Waals surface area contributed by atoms with Crippen molar-refractivity contribution >= 4 is 8.80 Å². The highest BCUT2D eigenvalue weighted by atomic mass is 28.4. The Hall–Kier alpha value is 0.0169. The van der Waals surface area contributed by atoms with Crippen LogP contribution < -0.4 is 5.32 Å². The molecule has 0 radical (unpaired) electrons. The maximum absolute atomic E-state index is 5.80. The van der Waals surface area contributed by atoms with Gasteiger partial charge in [0.05, 0.1) is 6.17 Å². The van der Waals surface area contributed by atoms with E-state index in [2.05, 4.69) is 10.2 Å². The summed E-state index contributed by atoms with van der Waals surface area (Å²) in [4.78, 5) is 2.30. The first-order valence-electron chi connectivity index (χ1n) is 6.11. The topological polar surface area (TPSA) is 43.0 Å². The lowest BCUT2D eigenvalue weighted by atomic mass is 10.7. The lowest BCUT2D eigenvalue weighted by Crippen LogP contribution is -2.55. The van der Waals surface area contributed by atoms with Crippen molar-refractivity contribution in [3.63, 3.8) is 0 Å². The molecule has 1 saturated heterocycles. The van der Waals surface area contributed by atoms with Crippen LogP contribution in [0.2, 0.25) is 0 Å². The van der Waals surface area contributed by atoms with E-state index < -0.39 is 8.80 Å². The van der Waals surface area contributed by atoms with Crippen molar-refractivity contribution < 1.29 is 13.3 Å². The fourth-order valence-corrected chi connectivity index (χ4v) is 4.54. The normalized spacial score (nSPS) is 18.2. The smallest absolute Gasteiger partial charge is 0.373 e. The molecule has 0 bridgehead atoms. The van der Waals surface area contributed by atoms with Gasteiger partial charge in [-0.25, -0.2) is 0 Å². The lowest BCUT2D eigenvalue weighted by molar-refractivity contribution is 0.0593. The van der Waals surface area contributed by atoms with Gasteiger partial charge in [-0.2, -0.15) is 0 Å². The third-order valence-corrected chi connectivity index (χ3v) is 5.47. The van der Waals surface area contributed by atoms with Gasteiger partial charge in [-0.15, -0.1) is 0 Å². The second kappa shape index (κ2) is 7.36. The van der Waals surface area contributed by atoms with E-state index in [9.17, 15) is 0 Å². The third kappa shape index (κ3) is 4.12. The number of rotatable bonds is 8. The number of nitrogens with one attached hydrogen (secondary N) is 1. The van der Waals surface area contributed by atoms with Crippen molar-refractivity contribution in [2.24, 2.45) is 0 Å². The molecule has 1 heterocycles. The summed E-state index contributed by atoms with van der Waals surface area (Å²) in [5.74, 6) is 0. The summed E-state index contributed by atoms with van der Waals surface area (Å²) in [6.07, 6.45) is 0.787. The van der Waals surface area contributed by atoms with Crippen LogP contribution in [0.4, 0.5) is 0 Å². The Morgan fingerprint density at radius 2 is 1.62 bits per heavy atom. The molecule has 0 atom stereocenters. The van der Waals surface area contributed by atoms with Crippen LogP contribution in [-0.2, 0) is 13.3 Å². The molecule has 0 saturated carbocycles. The average Bonchev–Trinajstić information content (AvgIpc) is 2.71. The summed E-state index contributed by atoms with van der Waals surface area (Å²) in [6.45, 7) is 10.9. The van der Waals surface area contributed by atoms with E-state index in [1.807, 2.05) is 20.8 Å². The van der Waals surface area contributed by atoms with Gasteiger partial charge in [0.1, 0.15) is 0 Å². The molecule has 6 heteroatoms. The zero-order valence-corrected chi connectivity index (χ0v) is 11.6. The molecular weight excluding hydrogens is 224 g/mol. The molecule has 0 amide bonds. The van der Waals surface area contributed by atoms with Crippen LogP contribution in [0.5, 0.6) is 0 Å². The van der Waals surface area contributed by atoms with Crippen molar-refractivity contribution in [1.29, 1.82) is 0 Å². The monoisotopic (exact) mass is 248 g/mol. The largest absolute Gasteiger partial charge is 0.515 e. The fourth-order valence-electron chi connectivity index (χ4n) is 1.88. The van der Waals surface area contributed by atoms with E-state index >= 15 is 0 Å². The molecule has 0 aromatic carbocycles. The van der Waals surface area contributed by atoms with Gasteiger partial charge in [-0.1, -0.05) is 0 Å². The number of hydrogen-bond acceptors (Lipinski definition) is 5.